The highest BCUT2D eigenvalue weighted by atomic mass is 32.2. The molecule has 0 bridgehead atoms. The van der Waals surface area contributed by atoms with E-state index >= 15 is 0 Å². The monoisotopic (exact) mass is 494 g/mol. The van der Waals surface area contributed by atoms with Crippen molar-refractivity contribution in [1.82, 2.24) is 14.7 Å². The fourth-order valence-electron chi connectivity index (χ4n) is 4.93. The second-order valence-corrected chi connectivity index (χ2v) is 11.4. The van der Waals surface area contributed by atoms with Crippen LogP contribution in [-0.2, 0) is 26.0 Å². The first-order valence-corrected chi connectivity index (χ1v) is 13.8. The van der Waals surface area contributed by atoms with Crippen molar-refractivity contribution in [3.63, 3.8) is 0 Å². The van der Waals surface area contributed by atoms with Crippen LogP contribution in [0.1, 0.15) is 57.9 Å². The Morgan fingerprint density at radius 3 is 2.12 bits per heavy atom. The largest absolute Gasteiger partial charge is 0.369 e. The number of nitrogens with one attached hydrogen (secondary N) is 1. The van der Waals surface area contributed by atoms with Crippen LogP contribution in [0.25, 0.3) is 0 Å². The fourth-order valence-corrected chi connectivity index (χ4v) is 7.05. The number of anilines is 1. The molecule has 0 radical (unpaired) electrons. The minimum absolute atomic E-state index is 0.0345. The minimum Gasteiger partial charge on any atom is -0.369 e. The maximum atomic E-state index is 13.7. The summed E-state index contributed by atoms with van der Waals surface area (Å²) in [6, 6.07) is 8.46. The summed E-state index contributed by atoms with van der Waals surface area (Å²) in [7, 11) is -4.04. The quantitative estimate of drug-likeness (QED) is 0.309. The van der Waals surface area contributed by atoms with Gasteiger partial charge in [0.1, 0.15) is 0 Å². The summed E-state index contributed by atoms with van der Waals surface area (Å²) < 4.78 is 26.9. The molecular formula is C24H38N4O5S. The molecule has 2 fully saturated rings. The second-order valence-electron chi connectivity index (χ2n) is 9.18. The number of amides is 2. The molecule has 2 aliphatic heterocycles. The maximum absolute atomic E-state index is 13.7. The molecule has 0 spiro atoms. The molecule has 2 heterocycles. The van der Waals surface area contributed by atoms with Crippen LogP contribution >= 0.6 is 0 Å². The van der Waals surface area contributed by atoms with Gasteiger partial charge in [-0.25, -0.2) is 13.9 Å². The van der Waals surface area contributed by atoms with E-state index in [1.165, 1.54) is 29.1 Å². The lowest BCUT2D eigenvalue weighted by molar-refractivity contribution is -0.137. The Morgan fingerprint density at radius 1 is 0.971 bits per heavy atom. The number of unbranched alkanes of at least 4 members (excludes halogenated alkanes) is 2. The summed E-state index contributed by atoms with van der Waals surface area (Å²) in [6.45, 7) is 5.85. The number of piperazine rings is 1. The summed E-state index contributed by atoms with van der Waals surface area (Å²) in [5.41, 5.74) is 3.95. The first kappa shape index (κ1) is 26.4. The van der Waals surface area contributed by atoms with Crippen molar-refractivity contribution in [2.24, 2.45) is 0 Å². The van der Waals surface area contributed by atoms with Gasteiger partial charge in [0.25, 0.3) is 5.91 Å². The summed E-state index contributed by atoms with van der Waals surface area (Å²) >= 11 is 0. The van der Waals surface area contributed by atoms with Crippen molar-refractivity contribution in [1.29, 1.82) is 0 Å². The molecule has 1 aromatic carbocycles. The maximum Gasteiger partial charge on any atom is 0.266 e. The van der Waals surface area contributed by atoms with Crippen molar-refractivity contribution in [3.8, 4) is 0 Å². The van der Waals surface area contributed by atoms with Gasteiger partial charge in [-0.1, -0.05) is 38.8 Å². The topological polar surface area (TPSA) is 110 Å². The van der Waals surface area contributed by atoms with E-state index < -0.39 is 20.7 Å². The minimum atomic E-state index is -4.04. The number of likely N-dealkylation sites (tertiary alicyclic amines) is 1. The molecule has 2 amide bonds. The molecule has 3 rings (SSSR count). The van der Waals surface area contributed by atoms with Gasteiger partial charge in [-0.3, -0.25) is 14.8 Å². The SMILES string of the molecule is CCCCCc1ccc(N2CCN(S(=O)(=O)C3(C(=O)NO)CCN(C(=O)CC)CC3)CC2)cc1. The van der Waals surface area contributed by atoms with Gasteiger partial charge in [0.05, 0.1) is 0 Å². The van der Waals surface area contributed by atoms with Crippen LogP contribution in [0.2, 0.25) is 0 Å². The second kappa shape index (κ2) is 11.5. The predicted molar refractivity (Wildman–Crippen MR) is 131 cm³/mol. The average molecular weight is 495 g/mol. The fraction of sp³-hybridized carbons (Fsp3) is 0.667. The van der Waals surface area contributed by atoms with Crippen molar-refractivity contribution in [3.05, 3.63) is 29.8 Å². The zero-order chi connectivity index (χ0) is 24.8. The number of carbonyl (C=O) groups is 2. The standard InChI is InChI=1S/C24H38N4O5S/c1-3-5-6-7-20-8-10-21(11-9-20)26-16-18-28(19-17-26)34(32,33)24(23(30)25-31)12-14-27(15-13-24)22(29)4-2/h8-11,31H,3-7,12-19H2,1-2H3,(H,25,30). The lowest BCUT2D eigenvalue weighted by atomic mass is 9.94. The number of rotatable bonds is 9. The Balaban J connectivity index is 1.66. The van der Waals surface area contributed by atoms with Crippen molar-refractivity contribution in [2.45, 2.75) is 63.5 Å². The van der Waals surface area contributed by atoms with Gasteiger partial charge < -0.3 is 9.80 Å². The Morgan fingerprint density at radius 2 is 1.59 bits per heavy atom. The lowest BCUT2D eigenvalue weighted by Crippen LogP contribution is -2.64. The van der Waals surface area contributed by atoms with Crippen LogP contribution in [0.15, 0.2) is 24.3 Å². The van der Waals surface area contributed by atoms with Gasteiger partial charge in [-0.05, 0) is 43.4 Å². The molecule has 0 aromatic heterocycles. The highest BCUT2D eigenvalue weighted by Crippen LogP contribution is 2.35. The Hall–Kier alpha value is -2.17. The van der Waals surface area contributed by atoms with Gasteiger partial charge in [-0.15, -0.1) is 0 Å². The zero-order valence-electron chi connectivity index (χ0n) is 20.3. The molecule has 9 nitrogen and oxygen atoms in total. The van der Waals surface area contributed by atoms with E-state index in [1.807, 2.05) is 0 Å². The zero-order valence-corrected chi connectivity index (χ0v) is 21.1. The summed E-state index contributed by atoms with van der Waals surface area (Å²) in [6.07, 6.45) is 4.92. The Kier molecular flexibility index (Phi) is 8.95. The van der Waals surface area contributed by atoms with Crippen molar-refractivity contribution in [2.75, 3.05) is 44.2 Å². The average Bonchev–Trinajstić information content (AvgIpc) is 2.88. The third-order valence-corrected chi connectivity index (χ3v) is 9.81. The molecular weight excluding hydrogens is 456 g/mol. The normalized spacial score (nSPS) is 19.1. The molecule has 10 heteroatoms. The lowest BCUT2D eigenvalue weighted by Gasteiger charge is -2.44. The van der Waals surface area contributed by atoms with E-state index in [2.05, 4.69) is 36.1 Å². The smallest absolute Gasteiger partial charge is 0.266 e. The van der Waals surface area contributed by atoms with Crippen molar-refractivity contribution < 1.29 is 23.2 Å². The molecule has 2 aliphatic rings. The van der Waals surface area contributed by atoms with Crippen molar-refractivity contribution >= 4 is 27.5 Å². The third kappa shape index (κ3) is 5.39. The Bertz CT molecular complexity index is 935. The number of aryl methyl sites for hydroxylation is 1. The van der Waals surface area contributed by atoms with Crippen LogP contribution in [-0.4, -0.2) is 78.7 Å². The molecule has 0 unspecified atom stereocenters. The van der Waals surface area contributed by atoms with Crippen LogP contribution in [0.3, 0.4) is 0 Å². The number of piperidine rings is 1. The molecule has 0 aliphatic carbocycles. The summed E-state index contributed by atoms with van der Waals surface area (Å²) in [5, 5.41) is 9.35. The van der Waals surface area contributed by atoms with E-state index in [0.717, 1.165) is 12.1 Å². The molecule has 190 valence electrons. The molecule has 2 N–H and O–H groups in total. The number of nitrogens with zero attached hydrogens (tertiary/aromatic N) is 3. The number of hydroxylamine groups is 1. The van der Waals surface area contributed by atoms with Gasteiger partial charge in [-0.2, -0.15) is 4.31 Å². The molecule has 2 saturated heterocycles. The van der Waals surface area contributed by atoms with E-state index in [4.69, 9.17) is 0 Å². The number of hydrogen-bond donors (Lipinski definition) is 2. The van der Waals surface area contributed by atoms with E-state index in [1.54, 1.807) is 17.3 Å². The number of hydrogen-bond acceptors (Lipinski definition) is 6. The van der Waals surface area contributed by atoms with E-state index in [9.17, 15) is 23.2 Å². The molecule has 34 heavy (non-hydrogen) atoms. The first-order chi connectivity index (χ1) is 16.3. The highest BCUT2D eigenvalue weighted by Gasteiger charge is 2.55. The number of sulfonamides is 1. The highest BCUT2D eigenvalue weighted by molar-refractivity contribution is 7.91. The van der Waals surface area contributed by atoms with Gasteiger partial charge in [0.15, 0.2) is 4.75 Å². The molecule has 0 saturated carbocycles. The molecule has 0 atom stereocenters. The van der Waals surface area contributed by atoms with Crippen LogP contribution in [0.5, 0.6) is 0 Å². The van der Waals surface area contributed by atoms with Gasteiger partial charge in [0, 0.05) is 51.4 Å². The Labute approximate surface area is 203 Å². The summed E-state index contributed by atoms with van der Waals surface area (Å²) in [5.74, 6) is -0.988. The van der Waals surface area contributed by atoms with Gasteiger partial charge in [0.2, 0.25) is 15.9 Å². The third-order valence-electron chi connectivity index (χ3n) is 7.18. The van der Waals surface area contributed by atoms with Crippen LogP contribution in [0.4, 0.5) is 5.69 Å². The molecule has 1 aromatic rings. The van der Waals surface area contributed by atoms with Crippen LogP contribution < -0.4 is 10.4 Å². The number of carbonyl (C=O) groups excluding carboxylic acids is 2. The summed E-state index contributed by atoms with van der Waals surface area (Å²) in [4.78, 5) is 28.4. The van der Waals surface area contributed by atoms with Gasteiger partial charge >= 0.3 is 0 Å². The van der Waals surface area contributed by atoms with E-state index in [-0.39, 0.29) is 44.9 Å². The predicted octanol–water partition coefficient (Wildman–Crippen LogP) is 2.15. The number of benzene rings is 1. The van der Waals surface area contributed by atoms with Crippen LogP contribution in [0, 0.1) is 0 Å². The van der Waals surface area contributed by atoms with E-state index in [0.29, 0.717) is 19.5 Å². The first-order valence-electron chi connectivity index (χ1n) is 12.3.